The number of hydrogen-bond donors (Lipinski definition) is 5. The Morgan fingerprint density at radius 3 is 2.05 bits per heavy atom. The predicted octanol–water partition coefficient (Wildman–Crippen LogP) is -3.12. The molecular formula is C10H18N2O7. The third-order valence-electron chi connectivity index (χ3n) is 2.26. The van der Waals surface area contributed by atoms with Crippen molar-refractivity contribution in [2.24, 2.45) is 5.73 Å². The Kier molecular flexibility index (Phi) is 7.16. The van der Waals surface area contributed by atoms with Crippen molar-refractivity contribution in [2.45, 2.75) is 31.5 Å². The van der Waals surface area contributed by atoms with Gasteiger partial charge >= 0.3 is 5.97 Å². The van der Waals surface area contributed by atoms with E-state index in [0.29, 0.717) is 0 Å². The fourth-order valence-corrected chi connectivity index (χ4v) is 1.33. The van der Waals surface area contributed by atoms with E-state index in [1.165, 1.54) is 6.92 Å². The maximum absolute atomic E-state index is 11.8. The van der Waals surface area contributed by atoms with Gasteiger partial charge in [-0.1, -0.05) is 0 Å². The van der Waals surface area contributed by atoms with Gasteiger partial charge in [-0.05, 0) is 6.92 Å². The van der Waals surface area contributed by atoms with E-state index in [2.05, 4.69) is 0 Å². The molecule has 0 saturated carbocycles. The summed E-state index contributed by atoms with van der Waals surface area (Å²) in [5, 5.41) is 35.7. The molecule has 6 N–H and O–H groups in total. The topological polar surface area (TPSA) is 161 Å². The summed E-state index contributed by atoms with van der Waals surface area (Å²) in [7, 11) is 0. The summed E-state index contributed by atoms with van der Waals surface area (Å²) in [6.07, 6.45) is -1.60. The van der Waals surface area contributed by atoms with Crippen molar-refractivity contribution in [3.8, 4) is 0 Å². The number of carbonyl (C=O) groups is 3. The molecule has 0 aliphatic rings. The molecule has 9 nitrogen and oxygen atoms in total. The molecule has 0 bridgehead atoms. The lowest BCUT2D eigenvalue weighted by molar-refractivity contribution is -0.161. The van der Waals surface area contributed by atoms with Gasteiger partial charge in [0.1, 0.15) is 6.04 Å². The molecule has 0 radical (unpaired) electrons. The van der Waals surface area contributed by atoms with Crippen LogP contribution in [0.4, 0.5) is 0 Å². The molecule has 0 aromatic rings. The SMILES string of the molecule is CC(O)CC(=O)N(C(=O)C(N)CO)C(CO)C(=O)O. The van der Waals surface area contributed by atoms with E-state index in [4.69, 9.17) is 26.2 Å². The Bertz CT molecular complexity index is 345. The lowest BCUT2D eigenvalue weighted by Gasteiger charge is -2.28. The molecule has 0 rings (SSSR count). The van der Waals surface area contributed by atoms with E-state index in [9.17, 15) is 14.4 Å². The van der Waals surface area contributed by atoms with Gasteiger partial charge in [-0.25, -0.2) is 4.79 Å². The Morgan fingerprint density at radius 1 is 1.21 bits per heavy atom. The van der Waals surface area contributed by atoms with Crippen molar-refractivity contribution >= 4 is 17.8 Å². The zero-order valence-electron chi connectivity index (χ0n) is 10.4. The average Bonchev–Trinajstić information content (AvgIpc) is 2.32. The van der Waals surface area contributed by atoms with Crippen molar-refractivity contribution in [1.29, 1.82) is 0 Å². The maximum atomic E-state index is 11.8. The van der Waals surface area contributed by atoms with Crippen LogP contribution in [-0.2, 0) is 14.4 Å². The number of carboxylic acid groups (broad SMARTS) is 1. The number of aliphatic carboxylic acids is 1. The van der Waals surface area contributed by atoms with E-state index < -0.39 is 55.6 Å². The average molecular weight is 278 g/mol. The highest BCUT2D eigenvalue weighted by atomic mass is 16.4. The van der Waals surface area contributed by atoms with Gasteiger partial charge in [-0.3, -0.25) is 14.5 Å². The van der Waals surface area contributed by atoms with Crippen LogP contribution in [0.3, 0.4) is 0 Å². The first-order valence-corrected chi connectivity index (χ1v) is 5.50. The molecule has 9 heteroatoms. The number of aliphatic hydroxyl groups is 3. The zero-order valence-corrected chi connectivity index (χ0v) is 10.4. The molecule has 0 aromatic heterocycles. The normalized spacial score (nSPS) is 15.4. The van der Waals surface area contributed by atoms with Crippen LogP contribution in [0.2, 0.25) is 0 Å². The van der Waals surface area contributed by atoms with Crippen molar-refractivity contribution in [2.75, 3.05) is 13.2 Å². The predicted molar refractivity (Wildman–Crippen MR) is 61.7 cm³/mol. The molecule has 0 aliphatic heterocycles. The van der Waals surface area contributed by atoms with Gasteiger partial charge in [0.05, 0.1) is 25.7 Å². The second kappa shape index (κ2) is 7.79. The van der Waals surface area contributed by atoms with E-state index in [1.54, 1.807) is 0 Å². The molecule has 0 aromatic carbocycles. The van der Waals surface area contributed by atoms with Crippen molar-refractivity contribution in [1.82, 2.24) is 4.90 Å². The van der Waals surface area contributed by atoms with Gasteiger partial charge < -0.3 is 26.2 Å². The Labute approximate surface area is 109 Å². The van der Waals surface area contributed by atoms with Gasteiger partial charge in [0.25, 0.3) is 0 Å². The van der Waals surface area contributed by atoms with Crippen LogP contribution in [-0.4, -0.2) is 74.5 Å². The first kappa shape index (κ1) is 17.4. The van der Waals surface area contributed by atoms with Gasteiger partial charge in [-0.15, -0.1) is 0 Å². The molecular weight excluding hydrogens is 260 g/mol. The molecule has 0 saturated heterocycles. The smallest absolute Gasteiger partial charge is 0.329 e. The standard InChI is InChI=1S/C10H18N2O7/c1-5(15)2-8(16)12(7(4-14)10(18)19)9(17)6(11)3-13/h5-7,13-15H,2-4,11H2,1H3,(H,18,19). The largest absolute Gasteiger partial charge is 0.480 e. The summed E-state index contributed by atoms with van der Waals surface area (Å²) < 4.78 is 0. The van der Waals surface area contributed by atoms with Gasteiger partial charge in [0.15, 0.2) is 6.04 Å². The second-order valence-electron chi connectivity index (χ2n) is 3.98. The number of hydrogen-bond acceptors (Lipinski definition) is 7. The molecule has 3 atom stereocenters. The molecule has 3 unspecified atom stereocenters. The van der Waals surface area contributed by atoms with Crippen LogP contribution < -0.4 is 5.73 Å². The number of carboxylic acids is 1. The van der Waals surface area contributed by atoms with Gasteiger partial charge in [0, 0.05) is 0 Å². The zero-order chi connectivity index (χ0) is 15.2. The third-order valence-corrected chi connectivity index (χ3v) is 2.26. The van der Waals surface area contributed by atoms with Gasteiger partial charge in [0.2, 0.25) is 11.8 Å². The van der Waals surface area contributed by atoms with Crippen LogP contribution in [0.25, 0.3) is 0 Å². The minimum Gasteiger partial charge on any atom is -0.480 e. The molecule has 0 aliphatic carbocycles. The lowest BCUT2D eigenvalue weighted by atomic mass is 10.1. The maximum Gasteiger partial charge on any atom is 0.329 e. The van der Waals surface area contributed by atoms with Crippen LogP contribution in [0.15, 0.2) is 0 Å². The van der Waals surface area contributed by atoms with Gasteiger partial charge in [-0.2, -0.15) is 0 Å². The molecule has 2 amide bonds. The van der Waals surface area contributed by atoms with Crippen molar-refractivity contribution < 1.29 is 34.8 Å². The van der Waals surface area contributed by atoms with Crippen LogP contribution in [0.5, 0.6) is 0 Å². The summed E-state index contributed by atoms with van der Waals surface area (Å²) >= 11 is 0. The van der Waals surface area contributed by atoms with Crippen LogP contribution in [0.1, 0.15) is 13.3 Å². The van der Waals surface area contributed by atoms with Crippen molar-refractivity contribution in [3.63, 3.8) is 0 Å². The number of imide groups is 1. The van der Waals surface area contributed by atoms with E-state index >= 15 is 0 Å². The fourth-order valence-electron chi connectivity index (χ4n) is 1.33. The Morgan fingerprint density at radius 2 is 1.74 bits per heavy atom. The Hall–Kier alpha value is -1.55. The Balaban J connectivity index is 5.29. The molecule has 110 valence electrons. The van der Waals surface area contributed by atoms with E-state index in [0.717, 1.165) is 0 Å². The molecule has 0 heterocycles. The molecule has 0 fully saturated rings. The highest BCUT2D eigenvalue weighted by Crippen LogP contribution is 2.08. The first-order valence-electron chi connectivity index (χ1n) is 5.50. The molecule has 19 heavy (non-hydrogen) atoms. The second-order valence-corrected chi connectivity index (χ2v) is 3.98. The molecule has 0 spiro atoms. The lowest BCUT2D eigenvalue weighted by Crippen LogP contribution is -2.56. The summed E-state index contributed by atoms with van der Waals surface area (Å²) in [6, 6.07) is -3.29. The third kappa shape index (κ3) is 4.91. The minimum absolute atomic E-state index is 0.260. The minimum atomic E-state index is -1.81. The fraction of sp³-hybridized carbons (Fsp3) is 0.700. The summed E-state index contributed by atoms with van der Waals surface area (Å²) in [6.45, 7) is -0.499. The highest BCUT2D eigenvalue weighted by molar-refractivity contribution is 6.01. The van der Waals surface area contributed by atoms with Crippen LogP contribution in [0, 0.1) is 0 Å². The van der Waals surface area contributed by atoms with E-state index in [1.807, 2.05) is 0 Å². The monoisotopic (exact) mass is 278 g/mol. The summed E-state index contributed by atoms with van der Waals surface area (Å²) in [5.74, 6) is -3.72. The number of carbonyl (C=O) groups excluding carboxylic acids is 2. The number of amides is 2. The summed E-state index contributed by atoms with van der Waals surface area (Å²) in [4.78, 5) is 34.7. The van der Waals surface area contributed by atoms with E-state index in [-0.39, 0.29) is 4.90 Å². The summed E-state index contributed by atoms with van der Waals surface area (Å²) in [5.41, 5.74) is 5.25. The van der Waals surface area contributed by atoms with Crippen molar-refractivity contribution in [3.05, 3.63) is 0 Å². The number of nitrogens with two attached hydrogens (primary N) is 1. The van der Waals surface area contributed by atoms with Crippen LogP contribution >= 0.6 is 0 Å². The number of aliphatic hydroxyl groups excluding tert-OH is 3. The quantitative estimate of drug-likeness (QED) is 0.326. The first-order chi connectivity index (χ1) is 8.76. The highest BCUT2D eigenvalue weighted by Gasteiger charge is 2.36. The number of rotatable bonds is 7. The number of nitrogens with zero attached hydrogens (tertiary/aromatic N) is 1.